The van der Waals surface area contributed by atoms with Crippen molar-refractivity contribution in [2.75, 3.05) is 0 Å². The summed E-state index contributed by atoms with van der Waals surface area (Å²) in [6.07, 6.45) is 6.36. The van der Waals surface area contributed by atoms with Crippen molar-refractivity contribution in [1.29, 1.82) is 0 Å². The van der Waals surface area contributed by atoms with E-state index in [1.807, 2.05) is 17.8 Å². The summed E-state index contributed by atoms with van der Waals surface area (Å²) in [4.78, 5) is 13.7. The molecule has 3 aromatic rings. The van der Waals surface area contributed by atoms with Gasteiger partial charge in [-0.05, 0) is 38.3 Å². The molecule has 0 spiro atoms. The number of pyridine rings is 1. The van der Waals surface area contributed by atoms with Gasteiger partial charge in [-0.25, -0.2) is 9.97 Å². The van der Waals surface area contributed by atoms with E-state index in [4.69, 9.17) is 4.98 Å². The minimum absolute atomic E-state index is 0.653. The molecule has 1 aliphatic rings. The lowest BCUT2D eigenvalue weighted by Crippen LogP contribution is -2.01. The standard InChI is InChI=1S/C17H18N4S/c1-10-11(2)20-14(17-18-6-7-22-17)8-13(10)15-9-19-16(21(15)3)12-4-5-12/h6-9,12H,4-5H2,1-3H3. The maximum Gasteiger partial charge on any atom is 0.141 e. The average molecular weight is 310 g/mol. The summed E-state index contributed by atoms with van der Waals surface area (Å²) in [5.41, 5.74) is 5.59. The fourth-order valence-corrected chi connectivity index (χ4v) is 3.45. The van der Waals surface area contributed by atoms with Gasteiger partial charge in [0.05, 0.1) is 17.6 Å². The molecule has 0 amide bonds. The van der Waals surface area contributed by atoms with E-state index in [1.165, 1.54) is 35.5 Å². The number of aromatic nitrogens is 4. The lowest BCUT2D eigenvalue weighted by Gasteiger charge is -2.12. The van der Waals surface area contributed by atoms with Gasteiger partial charge in [0, 0.05) is 35.8 Å². The van der Waals surface area contributed by atoms with Crippen molar-refractivity contribution < 1.29 is 0 Å². The van der Waals surface area contributed by atoms with Gasteiger partial charge in [-0.15, -0.1) is 11.3 Å². The number of nitrogens with zero attached hydrogens (tertiary/aromatic N) is 4. The van der Waals surface area contributed by atoms with E-state index in [0.29, 0.717) is 5.92 Å². The summed E-state index contributed by atoms with van der Waals surface area (Å²) < 4.78 is 2.24. The van der Waals surface area contributed by atoms with Crippen molar-refractivity contribution in [2.45, 2.75) is 32.6 Å². The lowest BCUT2D eigenvalue weighted by atomic mass is 10.0. The molecule has 0 aliphatic heterocycles. The zero-order valence-corrected chi connectivity index (χ0v) is 13.8. The van der Waals surface area contributed by atoms with Gasteiger partial charge < -0.3 is 4.57 Å². The molecule has 4 nitrogen and oxygen atoms in total. The summed E-state index contributed by atoms with van der Waals surface area (Å²) in [6.45, 7) is 4.20. The summed E-state index contributed by atoms with van der Waals surface area (Å²) in [6, 6.07) is 2.15. The second kappa shape index (κ2) is 5.02. The Balaban J connectivity index is 1.87. The van der Waals surface area contributed by atoms with Gasteiger partial charge in [0.25, 0.3) is 0 Å². The molecule has 0 saturated heterocycles. The van der Waals surface area contributed by atoms with E-state index < -0.39 is 0 Å². The lowest BCUT2D eigenvalue weighted by molar-refractivity contribution is 0.804. The van der Waals surface area contributed by atoms with Crippen molar-refractivity contribution in [3.63, 3.8) is 0 Å². The molecule has 0 unspecified atom stereocenters. The molecule has 0 radical (unpaired) electrons. The highest BCUT2D eigenvalue weighted by molar-refractivity contribution is 7.13. The van der Waals surface area contributed by atoms with E-state index in [1.54, 1.807) is 11.3 Å². The first-order chi connectivity index (χ1) is 10.6. The molecule has 1 aliphatic carbocycles. The Morgan fingerprint density at radius 2 is 2.05 bits per heavy atom. The van der Waals surface area contributed by atoms with Crippen molar-refractivity contribution in [1.82, 2.24) is 19.5 Å². The topological polar surface area (TPSA) is 43.6 Å². The third-order valence-corrected chi connectivity index (χ3v) is 5.21. The quantitative estimate of drug-likeness (QED) is 0.731. The van der Waals surface area contributed by atoms with Crippen molar-refractivity contribution in [3.8, 4) is 22.0 Å². The molecule has 3 heterocycles. The summed E-state index contributed by atoms with van der Waals surface area (Å²) in [5, 5.41) is 2.95. The van der Waals surface area contributed by atoms with Crippen LogP contribution in [0, 0.1) is 13.8 Å². The van der Waals surface area contributed by atoms with E-state index in [2.05, 4.69) is 41.5 Å². The first-order valence-electron chi connectivity index (χ1n) is 7.55. The largest absolute Gasteiger partial charge is 0.331 e. The van der Waals surface area contributed by atoms with Crippen molar-refractivity contribution in [2.24, 2.45) is 7.05 Å². The van der Waals surface area contributed by atoms with Crippen LogP contribution in [0.1, 0.15) is 35.8 Å². The first kappa shape index (κ1) is 13.6. The predicted octanol–water partition coefficient (Wildman–Crippen LogP) is 4.10. The van der Waals surface area contributed by atoms with Crippen molar-refractivity contribution in [3.05, 3.63) is 40.9 Å². The summed E-state index contributed by atoms with van der Waals surface area (Å²) in [5.74, 6) is 1.86. The molecule has 0 aromatic carbocycles. The molecule has 1 fully saturated rings. The van der Waals surface area contributed by atoms with Crippen LogP contribution in [0.4, 0.5) is 0 Å². The van der Waals surface area contributed by atoms with Gasteiger partial charge in [-0.3, -0.25) is 4.98 Å². The maximum absolute atomic E-state index is 4.70. The van der Waals surface area contributed by atoms with Gasteiger partial charge in [0.2, 0.25) is 0 Å². The Kier molecular flexibility index (Phi) is 3.11. The molecule has 112 valence electrons. The minimum atomic E-state index is 0.653. The number of thiazole rings is 1. The number of aryl methyl sites for hydroxylation is 1. The van der Waals surface area contributed by atoms with Crippen LogP contribution in [0.3, 0.4) is 0 Å². The number of imidazole rings is 1. The Labute approximate surface area is 133 Å². The number of hydrogen-bond donors (Lipinski definition) is 0. The molecular weight excluding hydrogens is 292 g/mol. The molecule has 3 aromatic heterocycles. The zero-order valence-electron chi connectivity index (χ0n) is 13.0. The minimum Gasteiger partial charge on any atom is -0.331 e. The summed E-state index contributed by atoms with van der Waals surface area (Å²) in [7, 11) is 2.12. The van der Waals surface area contributed by atoms with Crippen LogP contribution >= 0.6 is 11.3 Å². The van der Waals surface area contributed by atoms with Crippen molar-refractivity contribution >= 4 is 11.3 Å². The van der Waals surface area contributed by atoms with Gasteiger partial charge in [-0.1, -0.05) is 0 Å². The average Bonchev–Trinajstić information content (AvgIpc) is 3.05. The molecular formula is C17H18N4S. The fourth-order valence-electron chi connectivity index (χ4n) is 2.86. The number of hydrogen-bond acceptors (Lipinski definition) is 4. The van der Waals surface area contributed by atoms with Crippen LogP contribution in [-0.2, 0) is 7.05 Å². The molecule has 0 atom stereocenters. The molecule has 0 N–H and O–H groups in total. The summed E-state index contributed by atoms with van der Waals surface area (Å²) >= 11 is 1.62. The normalized spacial score (nSPS) is 14.5. The molecule has 22 heavy (non-hydrogen) atoms. The Hall–Kier alpha value is -2.01. The maximum atomic E-state index is 4.70. The first-order valence-corrected chi connectivity index (χ1v) is 8.43. The molecule has 5 heteroatoms. The van der Waals surface area contributed by atoms with Gasteiger partial charge >= 0.3 is 0 Å². The third kappa shape index (κ3) is 2.16. The molecule has 0 bridgehead atoms. The highest BCUT2D eigenvalue weighted by atomic mass is 32.1. The van der Waals surface area contributed by atoms with Gasteiger partial charge in [-0.2, -0.15) is 0 Å². The Morgan fingerprint density at radius 1 is 1.23 bits per heavy atom. The SMILES string of the molecule is Cc1nc(-c2nccs2)cc(-c2cnc(C3CC3)n2C)c1C. The fraction of sp³-hybridized carbons (Fsp3) is 0.353. The van der Waals surface area contributed by atoms with Crippen LogP contribution in [0.15, 0.2) is 23.8 Å². The number of rotatable bonds is 3. The predicted molar refractivity (Wildman–Crippen MR) is 89.0 cm³/mol. The van der Waals surface area contributed by atoms with E-state index in [0.717, 1.165) is 16.4 Å². The van der Waals surface area contributed by atoms with Gasteiger partial charge in [0.15, 0.2) is 0 Å². The Bertz CT molecular complexity index is 829. The highest BCUT2D eigenvalue weighted by Crippen LogP contribution is 2.41. The molecule has 4 rings (SSSR count). The Morgan fingerprint density at radius 3 is 2.73 bits per heavy atom. The van der Waals surface area contributed by atoms with Crippen LogP contribution in [0.5, 0.6) is 0 Å². The van der Waals surface area contributed by atoms with E-state index >= 15 is 0 Å². The van der Waals surface area contributed by atoms with Crippen LogP contribution in [-0.4, -0.2) is 19.5 Å². The van der Waals surface area contributed by atoms with Crippen LogP contribution < -0.4 is 0 Å². The second-order valence-electron chi connectivity index (χ2n) is 5.94. The van der Waals surface area contributed by atoms with E-state index in [-0.39, 0.29) is 0 Å². The third-order valence-electron chi connectivity index (χ3n) is 4.41. The van der Waals surface area contributed by atoms with Gasteiger partial charge in [0.1, 0.15) is 10.8 Å². The van der Waals surface area contributed by atoms with Crippen LogP contribution in [0.25, 0.3) is 22.0 Å². The molecule has 1 saturated carbocycles. The smallest absolute Gasteiger partial charge is 0.141 e. The van der Waals surface area contributed by atoms with Crippen LogP contribution in [0.2, 0.25) is 0 Å². The zero-order chi connectivity index (χ0) is 15.3. The monoisotopic (exact) mass is 310 g/mol. The highest BCUT2D eigenvalue weighted by Gasteiger charge is 2.28. The second-order valence-corrected chi connectivity index (χ2v) is 6.83. The van der Waals surface area contributed by atoms with E-state index in [9.17, 15) is 0 Å².